The summed E-state index contributed by atoms with van der Waals surface area (Å²) in [7, 11) is 3.43. The number of hydrogen-bond acceptors (Lipinski definition) is 6. The van der Waals surface area contributed by atoms with Gasteiger partial charge in [0.25, 0.3) is 0 Å². The van der Waals surface area contributed by atoms with E-state index < -0.39 is 0 Å². The molecule has 2 aromatic heterocycles. The number of amides is 1. The summed E-state index contributed by atoms with van der Waals surface area (Å²) in [5.41, 5.74) is 0.779. The topological polar surface area (TPSA) is 89.9 Å². The number of nitrogen functional groups attached to an aromatic ring is 1. The zero-order valence-electron chi connectivity index (χ0n) is 11.5. The standard InChI is InChI=1S/C12H16N6OS/c1-8(11(19)17(2)3)20-12-16-15-10(18(12)13)9-5-4-6-14-7-9/h4-8H,13H2,1-3H3/t8-/m0/s1. The molecule has 0 aliphatic rings. The molecule has 1 atom stereocenters. The fraction of sp³-hybridized carbons (Fsp3) is 0.333. The highest BCUT2D eigenvalue weighted by atomic mass is 32.2. The van der Waals surface area contributed by atoms with Crippen molar-refractivity contribution in [2.24, 2.45) is 0 Å². The predicted octanol–water partition coefficient (Wildman–Crippen LogP) is 0.623. The van der Waals surface area contributed by atoms with Crippen LogP contribution in [0.25, 0.3) is 11.4 Å². The molecule has 0 unspecified atom stereocenters. The highest BCUT2D eigenvalue weighted by molar-refractivity contribution is 8.00. The van der Waals surface area contributed by atoms with Gasteiger partial charge >= 0.3 is 0 Å². The molecule has 0 aromatic carbocycles. The Kier molecular flexibility index (Phi) is 4.23. The molecule has 2 heterocycles. The monoisotopic (exact) mass is 292 g/mol. The van der Waals surface area contributed by atoms with Crippen molar-refractivity contribution in [1.82, 2.24) is 24.8 Å². The molecule has 0 fully saturated rings. The van der Waals surface area contributed by atoms with Crippen molar-refractivity contribution in [3.05, 3.63) is 24.5 Å². The predicted molar refractivity (Wildman–Crippen MR) is 77.4 cm³/mol. The number of rotatable bonds is 4. The molecular weight excluding hydrogens is 276 g/mol. The van der Waals surface area contributed by atoms with Crippen LogP contribution in [0, 0.1) is 0 Å². The van der Waals surface area contributed by atoms with Gasteiger partial charge in [-0.15, -0.1) is 10.2 Å². The Balaban J connectivity index is 2.20. The van der Waals surface area contributed by atoms with Crippen molar-refractivity contribution in [2.75, 3.05) is 19.9 Å². The second kappa shape index (κ2) is 5.91. The molecule has 8 heteroatoms. The molecule has 2 rings (SSSR count). The minimum absolute atomic E-state index is 0.000859. The van der Waals surface area contributed by atoms with E-state index in [0.29, 0.717) is 11.0 Å². The Bertz CT molecular complexity index is 597. The van der Waals surface area contributed by atoms with Gasteiger partial charge in [0.2, 0.25) is 11.1 Å². The number of pyridine rings is 1. The van der Waals surface area contributed by atoms with Gasteiger partial charge in [-0.1, -0.05) is 11.8 Å². The smallest absolute Gasteiger partial charge is 0.235 e. The number of carbonyl (C=O) groups is 1. The summed E-state index contributed by atoms with van der Waals surface area (Å²) >= 11 is 1.27. The number of nitrogens with zero attached hydrogens (tertiary/aromatic N) is 5. The first-order valence-electron chi connectivity index (χ1n) is 5.99. The third kappa shape index (κ3) is 2.90. The summed E-state index contributed by atoms with van der Waals surface area (Å²) in [6, 6.07) is 3.65. The third-order valence-corrected chi connectivity index (χ3v) is 3.70. The van der Waals surface area contributed by atoms with E-state index in [4.69, 9.17) is 5.84 Å². The second-order valence-electron chi connectivity index (χ2n) is 4.41. The van der Waals surface area contributed by atoms with Crippen molar-refractivity contribution in [2.45, 2.75) is 17.3 Å². The number of nitrogens with two attached hydrogens (primary N) is 1. The first kappa shape index (κ1) is 14.3. The largest absolute Gasteiger partial charge is 0.348 e. The maximum atomic E-state index is 11.8. The van der Waals surface area contributed by atoms with Gasteiger partial charge in [0.15, 0.2) is 5.82 Å². The molecule has 0 bridgehead atoms. The Morgan fingerprint density at radius 1 is 1.45 bits per heavy atom. The zero-order chi connectivity index (χ0) is 14.7. The van der Waals surface area contributed by atoms with Crippen LogP contribution >= 0.6 is 11.8 Å². The molecule has 0 aliphatic carbocycles. The minimum Gasteiger partial charge on any atom is -0.348 e. The van der Waals surface area contributed by atoms with Crippen molar-refractivity contribution < 1.29 is 4.79 Å². The second-order valence-corrected chi connectivity index (χ2v) is 5.72. The van der Waals surface area contributed by atoms with Gasteiger partial charge in [-0.2, -0.15) is 0 Å². The van der Waals surface area contributed by atoms with Gasteiger partial charge in [0.1, 0.15) is 0 Å². The fourth-order valence-corrected chi connectivity index (χ4v) is 2.54. The number of carbonyl (C=O) groups excluding carboxylic acids is 1. The van der Waals surface area contributed by atoms with Crippen LogP contribution in [0.4, 0.5) is 0 Å². The van der Waals surface area contributed by atoms with Gasteiger partial charge < -0.3 is 10.7 Å². The van der Waals surface area contributed by atoms with Crippen LogP contribution in [-0.4, -0.2) is 50.0 Å². The van der Waals surface area contributed by atoms with Gasteiger partial charge in [0, 0.05) is 32.1 Å². The third-order valence-electron chi connectivity index (χ3n) is 2.65. The van der Waals surface area contributed by atoms with Gasteiger partial charge in [-0.25, -0.2) is 4.68 Å². The molecular formula is C12H16N6OS. The molecule has 0 saturated carbocycles. The minimum atomic E-state index is -0.279. The summed E-state index contributed by atoms with van der Waals surface area (Å²) in [6.45, 7) is 1.81. The van der Waals surface area contributed by atoms with Crippen LogP contribution in [0.3, 0.4) is 0 Å². The van der Waals surface area contributed by atoms with Crippen molar-refractivity contribution in [3.8, 4) is 11.4 Å². The molecule has 0 aliphatic heterocycles. The summed E-state index contributed by atoms with van der Waals surface area (Å²) < 4.78 is 1.38. The average molecular weight is 292 g/mol. The van der Waals surface area contributed by atoms with Crippen LogP contribution in [0.2, 0.25) is 0 Å². The maximum absolute atomic E-state index is 11.8. The van der Waals surface area contributed by atoms with Crippen LogP contribution < -0.4 is 5.84 Å². The molecule has 1 amide bonds. The molecule has 0 radical (unpaired) electrons. The van der Waals surface area contributed by atoms with E-state index in [0.717, 1.165) is 5.56 Å². The highest BCUT2D eigenvalue weighted by Crippen LogP contribution is 2.24. The van der Waals surface area contributed by atoms with E-state index in [9.17, 15) is 4.79 Å². The lowest BCUT2D eigenvalue weighted by atomic mass is 10.3. The first-order chi connectivity index (χ1) is 9.50. The van der Waals surface area contributed by atoms with Crippen LogP contribution in [0.1, 0.15) is 6.92 Å². The molecule has 20 heavy (non-hydrogen) atoms. The van der Waals surface area contributed by atoms with Crippen LogP contribution in [0.5, 0.6) is 0 Å². The molecule has 2 N–H and O–H groups in total. The summed E-state index contributed by atoms with van der Waals surface area (Å²) in [5, 5.41) is 8.28. The lowest BCUT2D eigenvalue weighted by Crippen LogP contribution is -2.30. The molecule has 0 saturated heterocycles. The summed E-state index contributed by atoms with van der Waals surface area (Å²) in [4.78, 5) is 17.4. The van der Waals surface area contributed by atoms with E-state index in [1.807, 2.05) is 13.0 Å². The lowest BCUT2D eigenvalue weighted by molar-refractivity contribution is -0.127. The van der Waals surface area contributed by atoms with E-state index >= 15 is 0 Å². The van der Waals surface area contributed by atoms with Crippen molar-refractivity contribution >= 4 is 17.7 Å². The SMILES string of the molecule is C[C@H](Sc1nnc(-c2cccnc2)n1N)C(=O)N(C)C. The highest BCUT2D eigenvalue weighted by Gasteiger charge is 2.20. The Morgan fingerprint density at radius 2 is 2.20 bits per heavy atom. The maximum Gasteiger partial charge on any atom is 0.235 e. The van der Waals surface area contributed by atoms with E-state index in [2.05, 4.69) is 15.2 Å². The van der Waals surface area contributed by atoms with Crippen LogP contribution in [-0.2, 0) is 4.79 Å². The van der Waals surface area contributed by atoms with Crippen LogP contribution in [0.15, 0.2) is 29.7 Å². The lowest BCUT2D eigenvalue weighted by Gasteiger charge is -2.15. The van der Waals surface area contributed by atoms with Gasteiger partial charge in [-0.3, -0.25) is 9.78 Å². The summed E-state index contributed by atoms with van der Waals surface area (Å²) in [5.74, 6) is 6.50. The zero-order valence-corrected chi connectivity index (χ0v) is 12.3. The fourth-order valence-electron chi connectivity index (χ4n) is 1.62. The van der Waals surface area contributed by atoms with Gasteiger partial charge in [-0.05, 0) is 19.1 Å². The van der Waals surface area contributed by atoms with E-state index in [1.165, 1.54) is 21.3 Å². The Hall–Kier alpha value is -2.09. The Labute approximate surface area is 121 Å². The normalized spacial score (nSPS) is 12.2. The molecule has 106 valence electrons. The van der Waals surface area contributed by atoms with Crippen molar-refractivity contribution in [3.63, 3.8) is 0 Å². The molecule has 2 aromatic rings. The molecule has 7 nitrogen and oxygen atoms in total. The number of thioether (sulfide) groups is 1. The Morgan fingerprint density at radius 3 is 2.80 bits per heavy atom. The number of hydrogen-bond donors (Lipinski definition) is 1. The molecule has 0 spiro atoms. The quantitative estimate of drug-likeness (QED) is 0.656. The number of aromatic nitrogens is 4. The average Bonchev–Trinajstić information content (AvgIpc) is 2.80. The van der Waals surface area contributed by atoms with Crippen molar-refractivity contribution in [1.29, 1.82) is 0 Å². The summed E-state index contributed by atoms with van der Waals surface area (Å²) in [6.07, 6.45) is 3.34. The van der Waals surface area contributed by atoms with Gasteiger partial charge in [0.05, 0.1) is 5.25 Å². The first-order valence-corrected chi connectivity index (χ1v) is 6.87. The van der Waals surface area contributed by atoms with E-state index in [1.54, 1.807) is 32.6 Å². The van der Waals surface area contributed by atoms with E-state index in [-0.39, 0.29) is 11.2 Å².